The normalized spacial score (nSPS) is 13.1. The van der Waals surface area contributed by atoms with E-state index in [1.165, 1.54) is 33.4 Å². The van der Waals surface area contributed by atoms with E-state index in [1.54, 1.807) is 0 Å². The van der Waals surface area contributed by atoms with Gasteiger partial charge in [0.1, 0.15) is 5.58 Å². The fourth-order valence-electron chi connectivity index (χ4n) is 7.46. The van der Waals surface area contributed by atoms with Gasteiger partial charge in [-0.15, -0.1) is 0 Å². The van der Waals surface area contributed by atoms with Crippen LogP contribution in [0.5, 0.6) is 0 Å². The van der Waals surface area contributed by atoms with Gasteiger partial charge >= 0.3 is 0 Å². The second kappa shape index (κ2) is 10.6. The molecule has 47 heavy (non-hydrogen) atoms. The van der Waals surface area contributed by atoms with E-state index in [2.05, 4.69) is 176 Å². The highest BCUT2D eigenvalue weighted by molar-refractivity contribution is 6.12. The number of nitrogens with zero attached hydrogens (tertiary/aromatic N) is 1. The lowest BCUT2D eigenvalue weighted by atomic mass is 9.82. The first-order valence-corrected chi connectivity index (χ1v) is 16.3. The molecule has 1 aromatic heterocycles. The smallest absolute Gasteiger partial charge is 0.159 e. The van der Waals surface area contributed by atoms with Crippen molar-refractivity contribution in [3.05, 3.63) is 175 Å². The average Bonchev–Trinajstić information content (AvgIpc) is 3.61. The van der Waals surface area contributed by atoms with Crippen molar-refractivity contribution >= 4 is 39.0 Å². The molecule has 0 unspecified atom stereocenters. The predicted molar refractivity (Wildman–Crippen MR) is 197 cm³/mol. The molecule has 9 rings (SSSR count). The average molecular weight is 604 g/mol. The van der Waals surface area contributed by atoms with E-state index < -0.39 is 0 Å². The summed E-state index contributed by atoms with van der Waals surface area (Å²) in [5, 5.41) is 2.22. The molecular weight excluding hydrogens is 571 g/mol. The zero-order chi connectivity index (χ0) is 31.5. The Morgan fingerprint density at radius 3 is 1.85 bits per heavy atom. The number of hydrogen-bond donors (Lipinski definition) is 0. The zero-order valence-electron chi connectivity index (χ0n) is 26.4. The molecule has 1 aliphatic rings. The molecular formula is C45H33NO. The van der Waals surface area contributed by atoms with Gasteiger partial charge in [0.2, 0.25) is 0 Å². The van der Waals surface area contributed by atoms with E-state index in [4.69, 9.17) is 4.42 Å². The molecule has 0 fully saturated rings. The van der Waals surface area contributed by atoms with Gasteiger partial charge in [0.25, 0.3) is 0 Å². The summed E-state index contributed by atoms with van der Waals surface area (Å²) in [5.41, 5.74) is 14.9. The Hall–Kier alpha value is -5.86. The van der Waals surface area contributed by atoms with E-state index in [9.17, 15) is 0 Å². The highest BCUT2D eigenvalue weighted by atomic mass is 16.3. The molecule has 224 valence electrons. The van der Waals surface area contributed by atoms with Crippen LogP contribution in [0, 0.1) is 0 Å². The van der Waals surface area contributed by atoms with Crippen LogP contribution in [0.4, 0.5) is 17.1 Å². The molecule has 1 aliphatic carbocycles. The monoisotopic (exact) mass is 603 g/mol. The van der Waals surface area contributed by atoms with Crippen molar-refractivity contribution in [2.75, 3.05) is 4.90 Å². The van der Waals surface area contributed by atoms with Crippen LogP contribution in [0.2, 0.25) is 0 Å². The number of fused-ring (bicyclic) bond motifs is 6. The molecule has 0 amide bonds. The van der Waals surface area contributed by atoms with Crippen LogP contribution in [0.3, 0.4) is 0 Å². The Balaban J connectivity index is 1.27. The fourth-order valence-corrected chi connectivity index (χ4v) is 7.46. The Bertz CT molecular complexity index is 2420. The molecule has 0 atom stereocenters. The third-order valence-corrected chi connectivity index (χ3v) is 9.86. The Labute approximate surface area is 275 Å². The highest BCUT2D eigenvalue weighted by Gasteiger charge is 2.36. The SMILES string of the molecule is CC1(C)c2ccccc2-c2ccc(N(c3ccccc3)c3cc(-c4ccc(-c5ccccc5)cc4)cc4c3oc3ccccc34)cc21. The fraction of sp³-hybridized carbons (Fsp3) is 0.0667. The maximum atomic E-state index is 6.72. The lowest BCUT2D eigenvalue weighted by Crippen LogP contribution is -2.16. The van der Waals surface area contributed by atoms with Crippen molar-refractivity contribution in [2.45, 2.75) is 19.3 Å². The zero-order valence-corrected chi connectivity index (χ0v) is 26.4. The van der Waals surface area contributed by atoms with Crippen LogP contribution in [0.15, 0.2) is 168 Å². The molecule has 0 spiro atoms. The van der Waals surface area contributed by atoms with Crippen molar-refractivity contribution in [1.29, 1.82) is 0 Å². The summed E-state index contributed by atoms with van der Waals surface area (Å²) in [6, 6.07) is 58.8. The van der Waals surface area contributed by atoms with Crippen molar-refractivity contribution in [1.82, 2.24) is 0 Å². The van der Waals surface area contributed by atoms with Gasteiger partial charge in [-0.25, -0.2) is 0 Å². The second-order valence-corrected chi connectivity index (χ2v) is 13.0. The van der Waals surface area contributed by atoms with E-state index in [1.807, 2.05) is 6.07 Å². The minimum atomic E-state index is -0.110. The molecule has 2 heteroatoms. The number of furan rings is 1. The Morgan fingerprint density at radius 1 is 0.447 bits per heavy atom. The molecule has 0 saturated carbocycles. The van der Waals surface area contributed by atoms with Crippen LogP contribution >= 0.6 is 0 Å². The van der Waals surface area contributed by atoms with Crippen molar-refractivity contribution in [2.24, 2.45) is 0 Å². The lowest BCUT2D eigenvalue weighted by Gasteiger charge is -2.28. The standard InChI is InChI=1S/C45H33NO/c1-45(2)40-19-11-9-17-36(40)37-26-25-35(29-41(37)45)46(34-15-7-4-8-16-34)42-28-33(27-39-38-18-10-12-20-43(38)47-44(39)42)32-23-21-31(22-24-32)30-13-5-3-6-14-30/h3-29H,1-2H3. The summed E-state index contributed by atoms with van der Waals surface area (Å²) in [7, 11) is 0. The summed E-state index contributed by atoms with van der Waals surface area (Å²) >= 11 is 0. The number of anilines is 3. The summed E-state index contributed by atoms with van der Waals surface area (Å²) in [6.07, 6.45) is 0. The van der Waals surface area contributed by atoms with E-state index in [0.29, 0.717) is 0 Å². The topological polar surface area (TPSA) is 16.4 Å². The van der Waals surface area contributed by atoms with Gasteiger partial charge in [-0.1, -0.05) is 135 Å². The van der Waals surface area contributed by atoms with Crippen molar-refractivity contribution in [3.8, 4) is 33.4 Å². The molecule has 2 nitrogen and oxygen atoms in total. The summed E-state index contributed by atoms with van der Waals surface area (Å²) in [5.74, 6) is 0. The van der Waals surface area contributed by atoms with Gasteiger partial charge in [-0.2, -0.15) is 0 Å². The largest absolute Gasteiger partial charge is 0.454 e. The molecule has 0 N–H and O–H groups in total. The molecule has 0 bridgehead atoms. The first-order chi connectivity index (χ1) is 23.1. The third kappa shape index (κ3) is 4.40. The minimum Gasteiger partial charge on any atom is -0.454 e. The number of benzene rings is 7. The molecule has 0 saturated heterocycles. The van der Waals surface area contributed by atoms with Crippen LogP contribution < -0.4 is 4.90 Å². The van der Waals surface area contributed by atoms with E-state index >= 15 is 0 Å². The predicted octanol–water partition coefficient (Wildman–Crippen LogP) is 12.7. The van der Waals surface area contributed by atoms with Crippen molar-refractivity contribution < 1.29 is 4.42 Å². The van der Waals surface area contributed by atoms with Gasteiger partial charge in [0.15, 0.2) is 5.58 Å². The van der Waals surface area contributed by atoms with Gasteiger partial charge < -0.3 is 9.32 Å². The quantitative estimate of drug-likeness (QED) is 0.195. The molecule has 8 aromatic rings. The molecule has 0 aliphatic heterocycles. The van der Waals surface area contributed by atoms with Crippen LogP contribution in [0.25, 0.3) is 55.3 Å². The Kier molecular flexibility index (Phi) is 6.20. The van der Waals surface area contributed by atoms with Gasteiger partial charge in [0, 0.05) is 27.6 Å². The molecule has 1 heterocycles. The molecule has 7 aromatic carbocycles. The second-order valence-electron chi connectivity index (χ2n) is 13.0. The lowest BCUT2D eigenvalue weighted by molar-refractivity contribution is 0.660. The van der Waals surface area contributed by atoms with Gasteiger partial charge in [-0.3, -0.25) is 0 Å². The maximum absolute atomic E-state index is 6.72. The maximum Gasteiger partial charge on any atom is 0.159 e. The number of rotatable bonds is 5. The van der Waals surface area contributed by atoms with Crippen LogP contribution in [-0.2, 0) is 5.41 Å². The number of para-hydroxylation sites is 2. The van der Waals surface area contributed by atoms with Crippen LogP contribution in [-0.4, -0.2) is 0 Å². The summed E-state index contributed by atoms with van der Waals surface area (Å²) < 4.78 is 6.72. The molecule has 0 radical (unpaired) electrons. The Morgan fingerprint density at radius 2 is 1.06 bits per heavy atom. The first-order valence-electron chi connectivity index (χ1n) is 16.3. The van der Waals surface area contributed by atoms with E-state index in [0.717, 1.165) is 50.1 Å². The first kappa shape index (κ1) is 27.5. The van der Waals surface area contributed by atoms with Gasteiger partial charge in [0.05, 0.1) is 5.69 Å². The number of hydrogen-bond acceptors (Lipinski definition) is 2. The summed E-state index contributed by atoms with van der Waals surface area (Å²) in [4.78, 5) is 2.37. The van der Waals surface area contributed by atoms with Gasteiger partial charge in [-0.05, 0) is 87.0 Å². The van der Waals surface area contributed by atoms with Crippen LogP contribution in [0.1, 0.15) is 25.0 Å². The minimum absolute atomic E-state index is 0.110. The highest BCUT2D eigenvalue weighted by Crippen LogP contribution is 2.51. The third-order valence-electron chi connectivity index (χ3n) is 9.86. The summed E-state index contributed by atoms with van der Waals surface area (Å²) in [6.45, 7) is 4.68. The van der Waals surface area contributed by atoms with E-state index in [-0.39, 0.29) is 5.41 Å². The van der Waals surface area contributed by atoms with Crippen molar-refractivity contribution in [3.63, 3.8) is 0 Å².